The van der Waals surface area contributed by atoms with E-state index in [2.05, 4.69) is 29.5 Å². The lowest BCUT2D eigenvalue weighted by atomic mass is 10.1. The van der Waals surface area contributed by atoms with Crippen molar-refractivity contribution in [3.05, 3.63) is 54.0 Å². The van der Waals surface area contributed by atoms with E-state index in [1.807, 2.05) is 23.1 Å². The molecule has 6 nitrogen and oxygen atoms in total. The number of hydrogen-bond donors (Lipinski definition) is 0. The maximum absolute atomic E-state index is 12.6. The minimum Gasteiger partial charge on any atom is -0.481 e. The van der Waals surface area contributed by atoms with Gasteiger partial charge in [-0.3, -0.25) is 4.79 Å². The molecule has 0 unspecified atom stereocenters. The van der Waals surface area contributed by atoms with E-state index in [0.717, 1.165) is 16.9 Å². The Kier molecular flexibility index (Phi) is 4.11. The van der Waals surface area contributed by atoms with Gasteiger partial charge in [0.05, 0.1) is 29.7 Å². The van der Waals surface area contributed by atoms with Crippen LogP contribution in [0.15, 0.2) is 42.6 Å². The van der Waals surface area contributed by atoms with E-state index in [1.54, 1.807) is 25.4 Å². The van der Waals surface area contributed by atoms with Crippen LogP contribution in [0.4, 0.5) is 0 Å². The molecular weight excluding hydrogens is 328 g/mol. The smallest absolute Gasteiger partial charge is 0.255 e. The Bertz CT molecular complexity index is 940. The van der Waals surface area contributed by atoms with Gasteiger partial charge in [0.1, 0.15) is 5.82 Å². The Hall–Kier alpha value is -2.89. The molecule has 1 aromatic carbocycles. The number of aromatic nitrogens is 3. The number of ether oxygens (including phenoxy) is 1. The highest BCUT2D eigenvalue weighted by Gasteiger charge is 2.35. The van der Waals surface area contributed by atoms with Crippen molar-refractivity contribution in [1.29, 1.82) is 0 Å². The van der Waals surface area contributed by atoms with Crippen molar-refractivity contribution in [1.82, 2.24) is 19.4 Å². The molecule has 0 spiro atoms. The minimum atomic E-state index is 0.00641. The molecule has 0 bridgehead atoms. The quantitative estimate of drug-likeness (QED) is 0.725. The van der Waals surface area contributed by atoms with E-state index >= 15 is 0 Å². The average molecular weight is 350 g/mol. The van der Waals surface area contributed by atoms with Crippen LogP contribution < -0.4 is 4.74 Å². The Morgan fingerprint density at radius 1 is 1.19 bits per heavy atom. The fraction of sp³-hybridized carbons (Fsp3) is 0.350. The lowest BCUT2D eigenvalue weighted by Gasteiger charge is -2.41. The third kappa shape index (κ3) is 2.71. The number of hydrogen-bond acceptors (Lipinski definition) is 4. The Balaban J connectivity index is 1.55. The fourth-order valence-electron chi connectivity index (χ4n) is 3.45. The van der Waals surface area contributed by atoms with Gasteiger partial charge in [-0.25, -0.2) is 9.97 Å². The predicted molar refractivity (Wildman–Crippen MR) is 99.6 cm³/mol. The van der Waals surface area contributed by atoms with Gasteiger partial charge >= 0.3 is 0 Å². The Morgan fingerprint density at radius 2 is 1.96 bits per heavy atom. The summed E-state index contributed by atoms with van der Waals surface area (Å²) in [6.07, 6.45) is 1.57. The molecule has 0 atom stereocenters. The summed E-state index contributed by atoms with van der Waals surface area (Å²) in [7, 11) is 1.56. The number of carbonyl (C=O) groups excluding carboxylic acids is 1. The molecule has 6 heteroatoms. The van der Waals surface area contributed by atoms with Gasteiger partial charge in [-0.05, 0) is 18.2 Å². The molecule has 0 radical (unpaired) electrons. The van der Waals surface area contributed by atoms with E-state index in [-0.39, 0.29) is 11.9 Å². The van der Waals surface area contributed by atoms with Crippen molar-refractivity contribution >= 4 is 16.9 Å². The first kappa shape index (κ1) is 16.6. The second-order valence-corrected chi connectivity index (χ2v) is 6.94. The first-order chi connectivity index (χ1) is 12.6. The molecule has 4 rings (SSSR count). The number of carbonyl (C=O) groups is 1. The van der Waals surface area contributed by atoms with Crippen molar-refractivity contribution in [2.24, 2.45) is 0 Å². The van der Waals surface area contributed by atoms with Gasteiger partial charge in [0, 0.05) is 31.3 Å². The summed E-state index contributed by atoms with van der Waals surface area (Å²) in [5, 5.41) is 0. The van der Waals surface area contributed by atoms with E-state index in [4.69, 9.17) is 9.72 Å². The number of methoxy groups -OCH3 is 1. The topological polar surface area (TPSA) is 60.2 Å². The molecule has 1 fully saturated rings. The zero-order chi connectivity index (χ0) is 18.3. The van der Waals surface area contributed by atoms with Crippen LogP contribution in [-0.4, -0.2) is 45.5 Å². The van der Waals surface area contributed by atoms with E-state index in [1.165, 1.54) is 0 Å². The molecule has 134 valence electrons. The summed E-state index contributed by atoms with van der Waals surface area (Å²) in [5.74, 6) is 1.92. The van der Waals surface area contributed by atoms with Gasteiger partial charge in [-0.15, -0.1) is 0 Å². The summed E-state index contributed by atoms with van der Waals surface area (Å²) >= 11 is 0. The zero-order valence-corrected chi connectivity index (χ0v) is 15.2. The van der Waals surface area contributed by atoms with Crippen LogP contribution in [0.5, 0.6) is 5.88 Å². The highest BCUT2D eigenvalue weighted by Crippen LogP contribution is 2.31. The average Bonchev–Trinajstić information content (AvgIpc) is 3.00. The second kappa shape index (κ2) is 6.44. The van der Waals surface area contributed by atoms with Crippen LogP contribution in [0.3, 0.4) is 0 Å². The van der Waals surface area contributed by atoms with Gasteiger partial charge in [0.15, 0.2) is 0 Å². The zero-order valence-electron chi connectivity index (χ0n) is 15.2. The van der Waals surface area contributed by atoms with E-state index in [0.29, 0.717) is 30.5 Å². The highest BCUT2D eigenvalue weighted by molar-refractivity contribution is 5.94. The molecule has 2 aromatic heterocycles. The fourth-order valence-corrected chi connectivity index (χ4v) is 3.45. The first-order valence-corrected chi connectivity index (χ1v) is 8.84. The first-order valence-electron chi connectivity index (χ1n) is 8.84. The molecule has 1 aliphatic rings. The number of benzene rings is 1. The number of pyridine rings is 1. The number of nitrogens with zero attached hydrogens (tertiary/aromatic N) is 4. The molecule has 0 aliphatic carbocycles. The van der Waals surface area contributed by atoms with Gasteiger partial charge < -0.3 is 14.2 Å². The van der Waals surface area contributed by atoms with Crippen LogP contribution in [0.1, 0.15) is 42.0 Å². The second-order valence-electron chi connectivity index (χ2n) is 6.94. The maximum Gasteiger partial charge on any atom is 0.255 e. The molecule has 0 N–H and O–H groups in total. The maximum atomic E-state index is 12.6. The van der Waals surface area contributed by atoms with Gasteiger partial charge in [-0.1, -0.05) is 26.0 Å². The molecule has 1 amide bonds. The van der Waals surface area contributed by atoms with Gasteiger partial charge in [-0.2, -0.15) is 0 Å². The van der Waals surface area contributed by atoms with Crippen molar-refractivity contribution < 1.29 is 9.53 Å². The van der Waals surface area contributed by atoms with Crippen molar-refractivity contribution in [3.8, 4) is 5.88 Å². The van der Waals surface area contributed by atoms with Crippen molar-refractivity contribution in [2.75, 3.05) is 20.2 Å². The number of rotatable bonds is 4. The molecule has 26 heavy (non-hydrogen) atoms. The predicted octanol–water partition coefficient (Wildman–Crippen LogP) is 3.26. The van der Waals surface area contributed by atoms with Crippen LogP contribution in [0.25, 0.3) is 11.0 Å². The van der Waals surface area contributed by atoms with E-state index < -0.39 is 0 Å². The molecule has 0 saturated carbocycles. The highest BCUT2D eigenvalue weighted by atomic mass is 16.5. The van der Waals surface area contributed by atoms with Crippen LogP contribution in [-0.2, 0) is 0 Å². The molecule has 3 heterocycles. The minimum absolute atomic E-state index is 0.00641. The number of fused-ring (bicyclic) bond motifs is 1. The molecule has 3 aromatic rings. The largest absolute Gasteiger partial charge is 0.481 e. The normalized spacial score (nSPS) is 14.7. The number of amides is 1. The van der Waals surface area contributed by atoms with Gasteiger partial charge in [0.2, 0.25) is 5.88 Å². The third-order valence-corrected chi connectivity index (χ3v) is 4.85. The van der Waals surface area contributed by atoms with Crippen LogP contribution >= 0.6 is 0 Å². The third-order valence-electron chi connectivity index (χ3n) is 4.85. The standard InChI is InChI=1S/C20H22N4O2/c1-13(2)19-22-16-6-4-5-7-17(16)24(19)15-11-23(12-15)20(25)14-8-9-18(26-3)21-10-14/h4-10,13,15H,11-12H2,1-3H3. The Morgan fingerprint density at radius 3 is 2.62 bits per heavy atom. The molecule has 1 saturated heterocycles. The number of para-hydroxylation sites is 2. The summed E-state index contributed by atoms with van der Waals surface area (Å²) in [6.45, 7) is 5.68. The van der Waals surface area contributed by atoms with E-state index in [9.17, 15) is 4.79 Å². The Labute approximate surface area is 152 Å². The summed E-state index contributed by atoms with van der Waals surface area (Å²) in [6, 6.07) is 11.9. The lowest BCUT2D eigenvalue weighted by Crippen LogP contribution is -2.51. The summed E-state index contributed by atoms with van der Waals surface area (Å²) < 4.78 is 7.35. The van der Waals surface area contributed by atoms with Gasteiger partial charge in [0.25, 0.3) is 5.91 Å². The SMILES string of the molecule is COc1ccc(C(=O)N2CC(n3c(C(C)C)nc4ccccc43)C2)cn1. The lowest BCUT2D eigenvalue weighted by molar-refractivity contribution is 0.0520. The van der Waals surface area contributed by atoms with Crippen LogP contribution in [0.2, 0.25) is 0 Å². The molecular formula is C20H22N4O2. The summed E-state index contributed by atoms with van der Waals surface area (Å²) in [5.41, 5.74) is 2.74. The number of imidazole rings is 1. The van der Waals surface area contributed by atoms with Crippen LogP contribution in [0, 0.1) is 0 Å². The van der Waals surface area contributed by atoms with Crippen molar-refractivity contribution in [2.45, 2.75) is 25.8 Å². The molecule has 1 aliphatic heterocycles. The summed E-state index contributed by atoms with van der Waals surface area (Å²) in [4.78, 5) is 23.4. The monoisotopic (exact) mass is 350 g/mol. The number of likely N-dealkylation sites (tertiary alicyclic amines) is 1. The van der Waals surface area contributed by atoms with Crippen molar-refractivity contribution in [3.63, 3.8) is 0 Å².